The van der Waals surface area contributed by atoms with E-state index in [0.717, 1.165) is 186 Å². The number of esters is 3. The molecule has 27 heteroatoms. The van der Waals surface area contributed by atoms with Gasteiger partial charge in [0.15, 0.2) is 0 Å². The van der Waals surface area contributed by atoms with Gasteiger partial charge in [0.25, 0.3) is 0 Å². The minimum Gasteiger partial charge on any atom is -0.466 e. The average Bonchev–Trinajstić information content (AvgIpc) is 0.815. The minimum absolute atomic E-state index is 0.0170. The van der Waals surface area contributed by atoms with Crippen molar-refractivity contribution >= 4 is 64.9 Å². The lowest BCUT2D eigenvalue weighted by atomic mass is 9.70. The molecular formula is C97H174N6O21. The van der Waals surface area contributed by atoms with Crippen LogP contribution in [0.3, 0.4) is 0 Å². The molecule has 3 aliphatic rings. The lowest BCUT2D eigenvalue weighted by molar-refractivity contribution is -0.146. The maximum absolute atomic E-state index is 13.9. The van der Waals surface area contributed by atoms with Crippen molar-refractivity contribution in [2.45, 2.75) is 401 Å². The van der Waals surface area contributed by atoms with Crippen LogP contribution >= 0.6 is 0 Å². The molecule has 6 amide bonds. The van der Waals surface area contributed by atoms with Crippen molar-refractivity contribution in [2.24, 2.45) is 53.3 Å². The first-order valence-corrected chi connectivity index (χ1v) is 48.7. The standard InChI is InChI=1S/C97H174N6O21/c1-71-74(4)94(100-77(7)104)88(61-83(71)64-122-80(10)107)119-55-43-37-31-25-19-14-16-22-28-34-40-47-86(110)51-58-116-67-97(103-93(114)50-46-49-91(112)99-70-115-13,68-117-59-52-87(111)48-41-35-29-23-17-15-20-26-32-38-44-56-120-89-62-84(65-123-81(11)108)72(2)75(5)95(89)101-78(8)105)69-118-60-53-92(113)98-54-42-36-30-24-18-21-27-33-39-45-57-121-90-63-85(66-124-82(12)109)73(3)76(6)96(90)102-79(9)106/h71-76,83-85,88-90,94-96H,14-70H2,1-13H3,(H,98,113)(H,99,112)(H,100,104)(H,101,105)(H,102,106)(H,103,114). The third kappa shape index (κ3) is 52.7. The van der Waals surface area contributed by atoms with Crippen LogP contribution in [0.1, 0.15) is 359 Å². The summed E-state index contributed by atoms with van der Waals surface area (Å²) in [6, 6.07) is -0.227. The average molecular weight is 1760 g/mol. The number of Topliss-reactive ketones (excluding diaryl/α,β-unsaturated/α-hetero) is 2. The van der Waals surface area contributed by atoms with Gasteiger partial charge in [-0.3, -0.25) is 52.7 Å². The Labute approximate surface area is 747 Å². The number of hydrogen-bond acceptors (Lipinski definition) is 21. The van der Waals surface area contributed by atoms with Gasteiger partial charge in [-0.15, -0.1) is 0 Å². The Bertz CT molecular complexity index is 2670. The number of amides is 6. The molecule has 0 aromatic carbocycles. The summed E-state index contributed by atoms with van der Waals surface area (Å²) in [7, 11) is 1.48. The summed E-state index contributed by atoms with van der Waals surface area (Å²) >= 11 is 0. The maximum Gasteiger partial charge on any atom is 0.302 e. The first-order chi connectivity index (χ1) is 59.6. The van der Waals surface area contributed by atoms with Gasteiger partial charge in [-0.1, -0.05) is 208 Å². The number of ether oxygens (including phenoxy) is 10. The Morgan fingerprint density at radius 2 is 0.581 bits per heavy atom. The van der Waals surface area contributed by atoms with Crippen LogP contribution < -0.4 is 31.9 Å². The monoisotopic (exact) mass is 1760 g/mol. The quantitative estimate of drug-likeness (QED) is 0.0143. The number of unbranched alkanes of at least 4 members (excludes halogenated alkanes) is 29. The Hall–Kier alpha value is -5.71. The topological polar surface area (TPSA) is 352 Å². The molecule has 0 aliphatic heterocycles. The van der Waals surface area contributed by atoms with E-state index in [4.69, 9.17) is 47.4 Å². The van der Waals surface area contributed by atoms with Gasteiger partial charge in [-0.25, -0.2) is 0 Å². The van der Waals surface area contributed by atoms with E-state index in [9.17, 15) is 52.7 Å². The first kappa shape index (κ1) is 112. The van der Waals surface area contributed by atoms with Gasteiger partial charge in [0.05, 0.1) is 95.9 Å². The maximum atomic E-state index is 13.9. The van der Waals surface area contributed by atoms with Crippen LogP contribution in [0.15, 0.2) is 0 Å². The fourth-order valence-electron chi connectivity index (χ4n) is 18.0. The van der Waals surface area contributed by atoms with Crippen molar-refractivity contribution in [3.63, 3.8) is 0 Å². The summed E-state index contributed by atoms with van der Waals surface area (Å²) in [5.41, 5.74) is -1.26. The number of hydrogen-bond donors (Lipinski definition) is 6. The van der Waals surface area contributed by atoms with Crippen LogP contribution in [-0.2, 0) is 100 Å². The summed E-state index contributed by atoms with van der Waals surface area (Å²) in [6.07, 6.45) is 37.9. The molecule has 3 fully saturated rings. The molecule has 3 saturated carbocycles. The molecule has 0 radical (unpaired) electrons. The molecule has 124 heavy (non-hydrogen) atoms. The van der Waals surface area contributed by atoms with Crippen molar-refractivity contribution in [2.75, 3.05) is 99.7 Å². The molecule has 0 aromatic heterocycles. The van der Waals surface area contributed by atoms with Crippen LogP contribution in [0.25, 0.3) is 0 Å². The smallest absolute Gasteiger partial charge is 0.302 e. The van der Waals surface area contributed by atoms with Crippen LogP contribution in [0.4, 0.5) is 0 Å². The second kappa shape index (κ2) is 69.3. The predicted molar refractivity (Wildman–Crippen MR) is 482 cm³/mol. The van der Waals surface area contributed by atoms with E-state index < -0.39 is 5.54 Å². The van der Waals surface area contributed by atoms with Gasteiger partial charge < -0.3 is 79.3 Å². The summed E-state index contributed by atoms with van der Waals surface area (Å²) in [4.78, 5) is 137. The fourth-order valence-corrected chi connectivity index (χ4v) is 18.0. The molecule has 0 bridgehead atoms. The van der Waals surface area contributed by atoms with Gasteiger partial charge in [0.2, 0.25) is 35.4 Å². The first-order valence-electron chi connectivity index (χ1n) is 48.7. The molecule has 718 valence electrons. The highest BCUT2D eigenvalue weighted by molar-refractivity contribution is 5.80. The van der Waals surface area contributed by atoms with Gasteiger partial charge in [0, 0.05) is 120 Å². The molecule has 0 aromatic rings. The van der Waals surface area contributed by atoms with Crippen molar-refractivity contribution in [1.29, 1.82) is 0 Å². The highest BCUT2D eigenvalue weighted by atomic mass is 16.5. The SMILES string of the molecule is COCNC(=O)CCCC(=O)NC(COCCC(=O)CCCCCCCCCCCCCOC1CC(COC(C)=O)C(C)C(C)C1NC(C)=O)(COCCC(=O)CCCCCCCCCCCCCOC1CC(COC(C)=O)C(C)C(C)C1NC(C)=O)COCCC(=O)NCCCCCCCCCCCCOC1CC(COC(C)=O)C(C)C(C)C1NC(C)=O. The fraction of sp³-hybridized carbons (Fsp3) is 0.887. The predicted octanol–water partition coefficient (Wildman–Crippen LogP) is 15.7. The van der Waals surface area contributed by atoms with Gasteiger partial charge in [-0.2, -0.15) is 0 Å². The number of carbonyl (C=O) groups excluding carboxylic acids is 11. The molecule has 3 aliphatic carbocycles. The molecule has 15 unspecified atom stereocenters. The van der Waals surface area contributed by atoms with E-state index in [1.807, 2.05) is 0 Å². The van der Waals surface area contributed by atoms with Crippen molar-refractivity contribution < 1.29 is 100 Å². The van der Waals surface area contributed by atoms with E-state index in [0.29, 0.717) is 59.0 Å². The van der Waals surface area contributed by atoms with Crippen LogP contribution in [0.2, 0.25) is 0 Å². The van der Waals surface area contributed by atoms with E-state index in [2.05, 4.69) is 73.4 Å². The highest BCUT2D eigenvalue weighted by Crippen LogP contribution is 2.40. The zero-order valence-corrected chi connectivity index (χ0v) is 79.5. The van der Waals surface area contributed by atoms with Gasteiger partial charge in [0.1, 0.15) is 23.8 Å². The van der Waals surface area contributed by atoms with E-state index in [1.165, 1.54) is 66.4 Å². The Morgan fingerprint density at radius 3 is 0.887 bits per heavy atom. The molecule has 6 N–H and O–H groups in total. The molecule has 0 heterocycles. The Balaban J connectivity index is 1.45. The van der Waals surface area contributed by atoms with E-state index in [-0.39, 0.29) is 240 Å². The number of methoxy groups -OCH3 is 1. The van der Waals surface area contributed by atoms with Gasteiger partial charge >= 0.3 is 17.9 Å². The molecule has 0 saturated heterocycles. The molecule has 0 spiro atoms. The minimum atomic E-state index is -1.26. The Kier molecular flexibility index (Phi) is 62.9. The molecule has 27 nitrogen and oxygen atoms in total. The molecule has 3 rings (SSSR count). The van der Waals surface area contributed by atoms with Crippen LogP contribution in [0, 0.1) is 53.3 Å². The lowest BCUT2D eigenvalue weighted by Crippen LogP contribution is -2.58. The third-order valence-corrected chi connectivity index (χ3v) is 26.2. The largest absolute Gasteiger partial charge is 0.466 e. The van der Waals surface area contributed by atoms with Crippen molar-refractivity contribution in [3.05, 3.63) is 0 Å². The number of rotatable bonds is 75. The van der Waals surface area contributed by atoms with Crippen LogP contribution in [-0.4, -0.2) is 207 Å². The molecular weight excluding hydrogens is 1590 g/mol. The normalized spacial score (nSPS) is 23.0. The van der Waals surface area contributed by atoms with Crippen LogP contribution in [0.5, 0.6) is 0 Å². The van der Waals surface area contributed by atoms with Crippen molar-refractivity contribution in [1.82, 2.24) is 31.9 Å². The van der Waals surface area contributed by atoms with Gasteiger partial charge in [-0.05, 0) is 117 Å². The Morgan fingerprint density at radius 1 is 0.298 bits per heavy atom. The zero-order valence-electron chi connectivity index (χ0n) is 79.5. The second-order valence-corrected chi connectivity index (χ2v) is 36.8. The number of carbonyl (C=O) groups is 11. The van der Waals surface area contributed by atoms with E-state index >= 15 is 0 Å². The lowest BCUT2D eigenvalue weighted by Gasteiger charge is -2.44. The summed E-state index contributed by atoms with van der Waals surface area (Å²) in [5, 5.41) is 18.2. The number of nitrogens with one attached hydrogen (secondary N) is 6. The summed E-state index contributed by atoms with van der Waals surface area (Å²) in [5.74, 6) is 0.306. The highest BCUT2D eigenvalue weighted by Gasteiger charge is 2.45. The van der Waals surface area contributed by atoms with Crippen molar-refractivity contribution in [3.8, 4) is 0 Å². The molecule has 15 atom stereocenters. The summed E-state index contributed by atoms with van der Waals surface area (Å²) < 4.78 is 59.1. The number of ketones is 2. The summed E-state index contributed by atoms with van der Waals surface area (Å²) in [6.45, 7) is 25.5. The van der Waals surface area contributed by atoms with E-state index in [1.54, 1.807) is 20.8 Å². The third-order valence-electron chi connectivity index (χ3n) is 26.2. The zero-order chi connectivity index (χ0) is 91.1. The second-order valence-electron chi connectivity index (χ2n) is 36.8.